The molecule has 134 valence electrons. The summed E-state index contributed by atoms with van der Waals surface area (Å²) in [7, 11) is 0. The zero-order chi connectivity index (χ0) is 17.5. The summed E-state index contributed by atoms with van der Waals surface area (Å²) in [4.78, 5) is 19.2. The van der Waals surface area contributed by atoms with Crippen LogP contribution in [0.2, 0.25) is 0 Å². The van der Waals surface area contributed by atoms with Crippen LogP contribution in [0.1, 0.15) is 22.5 Å². The number of nitrogens with zero attached hydrogens (tertiary/aromatic N) is 3. The van der Waals surface area contributed by atoms with Gasteiger partial charge in [0.1, 0.15) is 0 Å². The van der Waals surface area contributed by atoms with Crippen molar-refractivity contribution in [1.82, 2.24) is 19.8 Å². The molecule has 7 heteroatoms. The molecule has 1 aliphatic rings. The number of nitrogens with one attached hydrogen (secondary N) is 1. The van der Waals surface area contributed by atoms with Crippen molar-refractivity contribution in [2.24, 2.45) is 5.73 Å². The number of rotatable bonds is 7. The van der Waals surface area contributed by atoms with Gasteiger partial charge in [0.15, 0.2) is 0 Å². The highest BCUT2D eigenvalue weighted by Gasteiger charge is 2.13. The van der Waals surface area contributed by atoms with Gasteiger partial charge in [-0.05, 0) is 25.1 Å². The highest BCUT2D eigenvalue weighted by atomic mass is 16.5. The molecule has 3 rings (SSSR count). The van der Waals surface area contributed by atoms with E-state index in [1.807, 2.05) is 35.0 Å². The Balaban J connectivity index is 1.56. The van der Waals surface area contributed by atoms with Crippen LogP contribution in [-0.4, -0.2) is 59.8 Å². The molecule has 1 aromatic heterocycles. The van der Waals surface area contributed by atoms with Gasteiger partial charge in [-0.1, -0.05) is 12.1 Å². The van der Waals surface area contributed by atoms with Crippen molar-refractivity contribution < 1.29 is 9.53 Å². The number of para-hydroxylation sites is 1. The number of ether oxygens (including phenoxy) is 1. The number of carbonyl (C=O) groups is 1. The molecule has 1 aliphatic heterocycles. The Morgan fingerprint density at radius 3 is 2.84 bits per heavy atom. The quantitative estimate of drug-likeness (QED) is 0.726. The number of hydrogen-bond acceptors (Lipinski definition) is 5. The van der Waals surface area contributed by atoms with Crippen LogP contribution in [0.5, 0.6) is 0 Å². The first-order valence-corrected chi connectivity index (χ1v) is 8.68. The fraction of sp³-hybridized carbons (Fsp3) is 0.444. The number of aromatic nitrogens is 2. The van der Waals surface area contributed by atoms with Gasteiger partial charge in [0, 0.05) is 32.4 Å². The van der Waals surface area contributed by atoms with Gasteiger partial charge in [-0.2, -0.15) is 0 Å². The van der Waals surface area contributed by atoms with Crippen LogP contribution in [0.25, 0.3) is 5.69 Å². The summed E-state index contributed by atoms with van der Waals surface area (Å²) in [5.41, 5.74) is 7.85. The topological polar surface area (TPSA) is 85.4 Å². The molecule has 1 aromatic carbocycles. The van der Waals surface area contributed by atoms with Crippen LogP contribution in [0.15, 0.2) is 36.8 Å². The fourth-order valence-electron chi connectivity index (χ4n) is 2.92. The summed E-state index contributed by atoms with van der Waals surface area (Å²) < 4.78 is 7.18. The summed E-state index contributed by atoms with van der Waals surface area (Å²) in [5, 5.41) is 3.01. The molecule has 0 radical (unpaired) electrons. The summed E-state index contributed by atoms with van der Waals surface area (Å²) in [6.07, 6.45) is 4.47. The number of imidazole rings is 1. The van der Waals surface area contributed by atoms with E-state index in [4.69, 9.17) is 10.5 Å². The van der Waals surface area contributed by atoms with Crippen LogP contribution < -0.4 is 11.1 Å². The van der Waals surface area contributed by atoms with Crippen molar-refractivity contribution in [1.29, 1.82) is 0 Å². The van der Waals surface area contributed by atoms with Gasteiger partial charge in [0.05, 0.1) is 36.5 Å². The van der Waals surface area contributed by atoms with Crippen molar-refractivity contribution in [2.75, 3.05) is 39.4 Å². The monoisotopic (exact) mass is 343 g/mol. The fourth-order valence-corrected chi connectivity index (χ4v) is 2.92. The van der Waals surface area contributed by atoms with E-state index in [0.29, 0.717) is 18.7 Å². The molecule has 3 N–H and O–H groups in total. The van der Waals surface area contributed by atoms with Crippen LogP contribution >= 0.6 is 0 Å². The van der Waals surface area contributed by atoms with E-state index >= 15 is 0 Å². The standard InChI is InChI=1S/C18H25N5O2/c19-12-15-13-23(14-21-15)17-5-2-1-4-16(17)18(24)20-6-3-7-22-8-10-25-11-9-22/h1-2,4-5,13-14H,3,6-12,19H2,(H,20,24). The molecule has 1 fully saturated rings. The second-order valence-corrected chi connectivity index (χ2v) is 6.06. The number of morpholine rings is 1. The minimum absolute atomic E-state index is 0.0689. The van der Waals surface area contributed by atoms with E-state index in [1.54, 1.807) is 6.33 Å². The third kappa shape index (κ3) is 4.66. The molecule has 25 heavy (non-hydrogen) atoms. The van der Waals surface area contributed by atoms with Crippen molar-refractivity contribution >= 4 is 5.91 Å². The Bertz CT molecular complexity index is 694. The third-order valence-corrected chi connectivity index (χ3v) is 4.31. The SMILES string of the molecule is NCc1cn(-c2ccccc2C(=O)NCCCN2CCOCC2)cn1. The molecule has 1 amide bonds. The molecule has 7 nitrogen and oxygen atoms in total. The molecule has 2 heterocycles. The van der Waals surface area contributed by atoms with E-state index in [1.165, 1.54) is 0 Å². The summed E-state index contributed by atoms with van der Waals surface area (Å²) in [5.74, 6) is -0.0689. The average Bonchev–Trinajstić information content (AvgIpc) is 3.15. The number of benzene rings is 1. The first kappa shape index (κ1) is 17.6. The predicted octanol–water partition coefficient (Wildman–Crippen LogP) is 0.783. The van der Waals surface area contributed by atoms with Crippen molar-refractivity contribution in [3.05, 3.63) is 48.0 Å². The van der Waals surface area contributed by atoms with Crippen LogP contribution in [0.3, 0.4) is 0 Å². The molecular formula is C18H25N5O2. The van der Waals surface area contributed by atoms with Crippen molar-refractivity contribution in [3.63, 3.8) is 0 Å². The lowest BCUT2D eigenvalue weighted by atomic mass is 10.1. The van der Waals surface area contributed by atoms with Crippen LogP contribution in [-0.2, 0) is 11.3 Å². The van der Waals surface area contributed by atoms with Crippen molar-refractivity contribution in [2.45, 2.75) is 13.0 Å². The van der Waals surface area contributed by atoms with Gasteiger partial charge >= 0.3 is 0 Å². The number of amides is 1. The second kappa shape index (κ2) is 8.75. The molecule has 0 aliphatic carbocycles. The first-order chi connectivity index (χ1) is 12.3. The number of hydrogen-bond donors (Lipinski definition) is 2. The van der Waals surface area contributed by atoms with Gasteiger partial charge in [0.25, 0.3) is 5.91 Å². The second-order valence-electron chi connectivity index (χ2n) is 6.06. The van der Waals surface area contributed by atoms with Gasteiger partial charge in [0.2, 0.25) is 0 Å². The van der Waals surface area contributed by atoms with Crippen LogP contribution in [0.4, 0.5) is 0 Å². The van der Waals surface area contributed by atoms with Crippen molar-refractivity contribution in [3.8, 4) is 5.69 Å². The summed E-state index contributed by atoms with van der Waals surface area (Å²) in [6, 6.07) is 7.51. The van der Waals surface area contributed by atoms with Gasteiger partial charge < -0.3 is 20.4 Å². The lowest BCUT2D eigenvalue weighted by Gasteiger charge is -2.26. The number of nitrogens with two attached hydrogens (primary N) is 1. The van der Waals surface area contributed by atoms with Gasteiger partial charge in [-0.25, -0.2) is 4.98 Å². The summed E-state index contributed by atoms with van der Waals surface area (Å²) in [6.45, 7) is 5.56. The number of carbonyl (C=O) groups excluding carboxylic acids is 1. The summed E-state index contributed by atoms with van der Waals surface area (Å²) >= 11 is 0. The van der Waals surface area contributed by atoms with E-state index in [-0.39, 0.29) is 5.91 Å². The molecule has 1 saturated heterocycles. The molecule has 0 bridgehead atoms. The Labute approximate surface area is 147 Å². The van der Waals surface area contributed by atoms with E-state index in [2.05, 4.69) is 15.2 Å². The Kier molecular flexibility index (Phi) is 6.16. The largest absolute Gasteiger partial charge is 0.379 e. The maximum absolute atomic E-state index is 12.6. The highest BCUT2D eigenvalue weighted by molar-refractivity contribution is 5.97. The Hall–Kier alpha value is -2.22. The zero-order valence-electron chi connectivity index (χ0n) is 14.4. The zero-order valence-corrected chi connectivity index (χ0v) is 14.4. The van der Waals surface area contributed by atoms with Gasteiger partial charge in [-0.3, -0.25) is 9.69 Å². The molecule has 0 atom stereocenters. The lowest BCUT2D eigenvalue weighted by Crippen LogP contribution is -2.38. The minimum Gasteiger partial charge on any atom is -0.379 e. The van der Waals surface area contributed by atoms with Crippen LogP contribution in [0, 0.1) is 0 Å². The Morgan fingerprint density at radius 1 is 1.28 bits per heavy atom. The molecule has 0 unspecified atom stereocenters. The first-order valence-electron chi connectivity index (χ1n) is 8.68. The van der Waals surface area contributed by atoms with E-state index < -0.39 is 0 Å². The smallest absolute Gasteiger partial charge is 0.253 e. The lowest BCUT2D eigenvalue weighted by molar-refractivity contribution is 0.0374. The highest BCUT2D eigenvalue weighted by Crippen LogP contribution is 2.15. The molecule has 0 saturated carbocycles. The van der Waals surface area contributed by atoms with E-state index in [9.17, 15) is 4.79 Å². The molecule has 0 spiro atoms. The normalized spacial score (nSPS) is 15.2. The predicted molar refractivity (Wildman–Crippen MR) is 95.7 cm³/mol. The maximum atomic E-state index is 12.6. The van der Waals surface area contributed by atoms with E-state index in [0.717, 1.165) is 50.7 Å². The minimum atomic E-state index is -0.0689. The van der Waals surface area contributed by atoms with Gasteiger partial charge in [-0.15, -0.1) is 0 Å². The third-order valence-electron chi connectivity index (χ3n) is 4.31. The molecular weight excluding hydrogens is 318 g/mol. The average molecular weight is 343 g/mol. The Morgan fingerprint density at radius 2 is 2.08 bits per heavy atom. The molecule has 2 aromatic rings. The maximum Gasteiger partial charge on any atom is 0.253 e.